The van der Waals surface area contributed by atoms with Crippen molar-refractivity contribution in [3.8, 4) is 0 Å². The van der Waals surface area contributed by atoms with E-state index < -0.39 is 36.4 Å². The third-order valence-electron chi connectivity index (χ3n) is 1.29. The number of carbonyl (C=O) groups is 3. The molecule has 0 aliphatic rings. The van der Waals surface area contributed by atoms with Gasteiger partial charge in [-0.15, -0.1) is 12.4 Å². The molecule has 7 N–H and O–H groups in total. The van der Waals surface area contributed by atoms with Gasteiger partial charge in [-0.3, -0.25) is 9.59 Å². The maximum absolute atomic E-state index is 10.3. The molecule has 102 valence electrons. The third-order valence-corrected chi connectivity index (χ3v) is 1.29. The summed E-state index contributed by atoms with van der Waals surface area (Å²) in [4.78, 5) is 30.5. The van der Waals surface area contributed by atoms with Gasteiger partial charge in [0.05, 0.1) is 12.8 Å². The zero-order valence-electron chi connectivity index (χ0n) is 10.6. The molecule has 0 aliphatic carbocycles. The Balaban J connectivity index is -0.0000000480. The van der Waals surface area contributed by atoms with E-state index in [2.05, 4.69) is 0 Å². The number of aliphatic carboxylic acids is 3. The second-order valence-corrected chi connectivity index (χ2v) is 2.48. The van der Waals surface area contributed by atoms with E-state index in [1.807, 2.05) is 0 Å². The molecule has 0 unspecified atom stereocenters. The van der Waals surface area contributed by atoms with Crippen molar-refractivity contribution in [1.29, 1.82) is 0 Å². The molecule has 0 aromatic heterocycles. The number of halogens is 1. The molecule has 0 heterocycles. The molecule has 0 fully saturated rings. The first-order valence-corrected chi connectivity index (χ1v) is 3.17. The van der Waals surface area contributed by atoms with Crippen molar-refractivity contribution in [1.82, 2.24) is 6.15 Å². The van der Waals surface area contributed by atoms with Gasteiger partial charge in [-0.2, -0.15) is 0 Å². The van der Waals surface area contributed by atoms with Crippen molar-refractivity contribution in [2.75, 3.05) is 0 Å². The summed E-state index contributed by atoms with van der Waals surface area (Å²) in [5.74, 6) is -5.02. The van der Waals surface area contributed by atoms with Crippen molar-refractivity contribution < 1.29 is 54.7 Å². The Bertz CT molecular complexity index is 258. The smallest absolute Gasteiger partial charge is 1.00 e. The van der Waals surface area contributed by atoms with Gasteiger partial charge in [0.1, 0.15) is 0 Å². The van der Waals surface area contributed by atoms with Gasteiger partial charge >= 0.3 is 55.6 Å². The van der Waals surface area contributed by atoms with Crippen LogP contribution in [0.4, 0.5) is 0 Å². The van der Waals surface area contributed by atoms with Gasteiger partial charge in [0.25, 0.3) is 0 Å². The van der Waals surface area contributed by atoms with Crippen molar-refractivity contribution in [3.63, 3.8) is 0 Å². The Morgan fingerprint density at radius 3 is 1.35 bits per heavy atom. The van der Waals surface area contributed by atoms with Gasteiger partial charge in [0, 0.05) is 17.1 Å². The minimum atomic E-state index is -2.74. The molecular weight excluding hydrogens is 329 g/mol. The summed E-state index contributed by atoms with van der Waals surface area (Å²) in [7, 11) is 0. The summed E-state index contributed by atoms with van der Waals surface area (Å²) in [6.45, 7) is 0. The first-order chi connectivity index (χ1) is 5.78. The van der Waals surface area contributed by atoms with Crippen LogP contribution in [0.1, 0.15) is 15.7 Å². The Kier molecular flexibility index (Phi) is 23.0. The molecule has 0 aliphatic heterocycles. The number of carboxylic acid groups (broad SMARTS) is 3. The van der Waals surface area contributed by atoms with Crippen LogP contribution < -0.4 is 6.15 Å². The van der Waals surface area contributed by atoms with Crippen molar-refractivity contribution in [3.05, 3.63) is 0 Å². The van der Waals surface area contributed by atoms with E-state index in [0.29, 0.717) is 0 Å². The van der Waals surface area contributed by atoms with Gasteiger partial charge in [0.15, 0.2) is 5.60 Å². The van der Waals surface area contributed by atoms with Crippen LogP contribution >= 0.6 is 12.4 Å². The average molecular weight is 344 g/mol. The van der Waals surface area contributed by atoms with Crippen LogP contribution in [-0.2, 0) is 31.5 Å². The predicted octanol–water partition coefficient (Wildman–Crippen LogP) is -0.823. The van der Waals surface area contributed by atoms with Gasteiger partial charge in [-0.1, -0.05) is 0 Å². The molecule has 8 nitrogen and oxygen atoms in total. The number of carboxylic acids is 3. The maximum Gasteiger partial charge on any atom is 2.00 e. The monoisotopic (exact) mass is 343 g/mol. The second kappa shape index (κ2) is 12.8. The Labute approximate surface area is 146 Å². The van der Waals surface area contributed by atoms with Gasteiger partial charge < -0.3 is 29.4 Å². The molecule has 11 heteroatoms. The third kappa shape index (κ3) is 12.6. The first kappa shape index (κ1) is 30.4. The molecule has 0 rings (SSSR count). The van der Waals surface area contributed by atoms with Crippen LogP contribution in [0.15, 0.2) is 0 Å². The minimum absolute atomic E-state index is 0. The molecule has 0 saturated heterocycles. The summed E-state index contributed by atoms with van der Waals surface area (Å²) in [6, 6.07) is 0. The fourth-order valence-corrected chi connectivity index (χ4v) is 0.714. The molecule has 0 atom stereocenters. The van der Waals surface area contributed by atoms with Crippen LogP contribution in [0.2, 0.25) is 0 Å². The van der Waals surface area contributed by atoms with Crippen LogP contribution in [0.25, 0.3) is 0 Å². The number of hydrogen-bond acceptors (Lipinski definition) is 5. The SMILES string of the molecule is Cl.N.O=C(O)CC(O)(CC(=O)O)C(=O)O.[Ca+2].[Fe].[H-].[H-]. The minimum Gasteiger partial charge on any atom is -1.00 e. The van der Waals surface area contributed by atoms with Crippen LogP contribution in [-0.4, -0.2) is 81.7 Å². The standard InChI is InChI=1S/C6H8O7.Ca.ClH.Fe.H3N.2H/c7-3(8)1-6(13,5(11)12)2-4(9)10;;;;;;/h13H,1-2H2,(H,7,8)(H,9,10)(H,11,12);;1H;;1H3;;/q;+2;;;;2*-1. The molecule has 0 saturated carbocycles. The first-order valence-electron chi connectivity index (χ1n) is 3.17. The largest absolute Gasteiger partial charge is 2.00 e. The van der Waals surface area contributed by atoms with Gasteiger partial charge in [-0.05, 0) is 0 Å². The molecule has 0 aromatic carbocycles. The second-order valence-electron chi connectivity index (χ2n) is 2.48. The van der Waals surface area contributed by atoms with Crippen molar-refractivity contribution in [2.45, 2.75) is 18.4 Å². The molecular formula is C6H14CaClFeNO7. The van der Waals surface area contributed by atoms with Crippen molar-refractivity contribution in [2.24, 2.45) is 0 Å². The summed E-state index contributed by atoms with van der Waals surface area (Å²) >= 11 is 0. The molecule has 0 radical (unpaired) electrons. The average Bonchev–Trinajstić information content (AvgIpc) is 1.82. The van der Waals surface area contributed by atoms with Crippen LogP contribution in [0.5, 0.6) is 0 Å². The van der Waals surface area contributed by atoms with E-state index >= 15 is 0 Å². The van der Waals surface area contributed by atoms with Gasteiger partial charge in [0.2, 0.25) is 0 Å². The molecule has 0 aromatic rings. The Morgan fingerprint density at radius 1 is 1.00 bits per heavy atom. The van der Waals surface area contributed by atoms with E-state index in [4.69, 9.17) is 20.4 Å². The number of hydrogen-bond donors (Lipinski definition) is 5. The quantitative estimate of drug-likeness (QED) is 0.403. The van der Waals surface area contributed by atoms with Crippen LogP contribution in [0, 0.1) is 0 Å². The van der Waals surface area contributed by atoms with E-state index in [1.54, 1.807) is 0 Å². The summed E-state index contributed by atoms with van der Waals surface area (Å²) < 4.78 is 0. The predicted molar refractivity (Wildman–Crippen MR) is 57.3 cm³/mol. The van der Waals surface area contributed by atoms with E-state index in [1.165, 1.54) is 0 Å². The summed E-state index contributed by atoms with van der Waals surface area (Å²) in [5.41, 5.74) is -2.74. The molecule has 0 bridgehead atoms. The van der Waals surface area contributed by atoms with E-state index in [9.17, 15) is 14.4 Å². The van der Waals surface area contributed by atoms with Crippen molar-refractivity contribution >= 4 is 68.1 Å². The van der Waals surface area contributed by atoms with E-state index in [0.717, 1.165) is 0 Å². The zero-order valence-corrected chi connectivity index (χ0v) is 12.7. The molecule has 17 heavy (non-hydrogen) atoms. The van der Waals surface area contributed by atoms with E-state index in [-0.39, 0.29) is 76.2 Å². The maximum atomic E-state index is 10.3. The molecule has 0 spiro atoms. The van der Waals surface area contributed by atoms with Crippen LogP contribution in [0.3, 0.4) is 0 Å². The topological polar surface area (TPSA) is 167 Å². The van der Waals surface area contributed by atoms with Gasteiger partial charge in [-0.25, -0.2) is 4.79 Å². The molecule has 0 amide bonds. The fraction of sp³-hybridized carbons (Fsp3) is 0.500. The zero-order chi connectivity index (χ0) is 10.6. The summed E-state index contributed by atoms with van der Waals surface area (Å²) in [5, 5.41) is 33.8. The Hall–Kier alpha value is 0.399. The number of rotatable bonds is 5. The normalized spacial score (nSPS) is 8.29. The fourth-order valence-electron chi connectivity index (χ4n) is 0.714. The number of aliphatic hydroxyl groups is 1. The Morgan fingerprint density at radius 2 is 1.24 bits per heavy atom. The summed E-state index contributed by atoms with van der Waals surface area (Å²) in [6.07, 6.45) is -2.29.